The molecule has 4 N–H and O–H groups in total. The zero-order valence-corrected chi connectivity index (χ0v) is 7.40. The highest BCUT2D eigenvalue weighted by atomic mass is 16.3. The fourth-order valence-electron chi connectivity index (χ4n) is 1.02. The highest BCUT2D eigenvalue weighted by Gasteiger charge is 2.14. The molecule has 0 unspecified atom stereocenters. The van der Waals surface area contributed by atoms with Crippen LogP contribution in [0.4, 0.5) is 0 Å². The lowest BCUT2D eigenvalue weighted by molar-refractivity contribution is 0.0939. The van der Waals surface area contributed by atoms with Crippen molar-refractivity contribution >= 4 is 5.91 Å². The minimum Gasteiger partial charge on any atom is -0.507 e. The number of carbonyl (C=O) groups is 1. The molecule has 0 heterocycles. The fraction of sp³-hybridized carbons (Fsp3) is 0.222. The average molecular weight is 197 g/mol. The van der Waals surface area contributed by atoms with E-state index in [2.05, 4.69) is 5.32 Å². The molecule has 0 aliphatic rings. The van der Waals surface area contributed by atoms with Gasteiger partial charge in [0, 0.05) is 6.54 Å². The van der Waals surface area contributed by atoms with Crippen LogP contribution in [0.5, 0.6) is 11.5 Å². The van der Waals surface area contributed by atoms with Gasteiger partial charge in [0.05, 0.1) is 6.61 Å². The molecular weight excluding hydrogens is 186 g/mol. The first-order valence-electron chi connectivity index (χ1n) is 4.07. The molecule has 1 aromatic rings. The molecule has 0 bridgehead atoms. The molecule has 0 spiro atoms. The Morgan fingerprint density at radius 1 is 1.29 bits per heavy atom. The lowest BCUT2D eigenvalue weighted by Crippen LogP contribution is -2.26. The fourth-order valence-corrected chi connectivity index (χ4v) is 1.02. The maximum absolute atomic E-state index is 11.3. The summed E-state index contributed by atoms with van der Waals surface area (Å²) in [5.74, 6) is -1.20. The normalized spacial score (nSPS) is 9.79. The van der Waals surface area contributed by atoms with Crippen LogP contribution in [0.3, 0.4) is 0 Å². The molecule has 0 saturated carbocycles. The molecule has 14 heavy (non-hydrogen) atoms. The van der Waals surface area contributed by atoms with E-state index >= 15 is 0 Å². The van der Waals surface area contributed by atoms with E-state index in [1.54, 1.807) is 0 Å². The maximum atomic E-state index is 11.3. The Kier molecular flexibility index (Phi) is 3.30. The Morgan fingerprint density at radius 3 is 2.36 bits per heavy atom. The second-order valence-electron chi connectivity index (χ2n) is 2.65. The summed E-state index contributed by atoms with van der Waals surface area (Å²) in [6, 6.07) is 4.02. The summed E-state index contributed by atoms with van der Waals surface area (Å²) in [6.45, 7) is -0.118. The van der Waals surface area contributed by atoms with E-state index < -0.39 is 5.91 Å². The first-order valence-corrected chi connectivity index (χ1v) is 4.07. The van der Waals surface area contributed by atoms with E-state index in [4.69, 9.17) is 5.11 Å². The van der Waals surface area contributed by atoms with Gasteiger partial charge in [-0.15, -0.1) is 0 Å². The number of rotatable bonds is 3. The zero-order chi connectivity index (χ0) is 10.6. The van der Waals surface area contributed by atoms with Crippen molar-refractivity contribution in [2.24, 2.45) is 0 Å². The SMILES string of the molecule is O=C(NCCO)c1c(O)cccc1O. The number of amides is 1. The molecule has 1 aromatic carbocycles. The number of aliphatic hydroxyl groups is 1. The average Bonchev–Trinajstić information content (AvgIpc) is 2.14. The summed E-state index contributed by atoms with van der Waals surface area (Å²) < 4.78 is 0. The molecule has 76 valence electrons. The van der Waals surface area contributed by atoms with Crippen molar-refractivity contribution in [1.29, 1.82) is 0 Å². The predicted octanol–water partition coefficient (Wildman–Crippen LogP) is -0.180. The molecular formula is C9H11NO4. The maximum Gasteiger partial charge on any atom is 0.258 e. The van der Waals surface area contributed by atoms with Crippen LogP contribution in [0.15, 0.2) is 18.2 Å². The minimum atomic E-state index is -0.616. The molecule has 0 fully saturated rings. The van der Waals surface area contributed by atoms with E-state index in [1.807, 2.05) is 0 Å². The van der Waals surface area contributed by atoms with E-state index in [-0.39, 0.29) is 30.2 Å². The molecule has 0 radical (unpaired) electrons. The third-order valence-electron chi connectivity index (χ3n) is 1.64. The van der Waals surface area contributed by atoms with Gasteiger partial charge in [-0.3, -0.25) is 4.79 Å². The molecule has 0 aromatic heterocycles. The monoisotopic (exact) mass is 197 g/mol. The molecule has 1 rings (SSSR count). The second kappa shape index (κ2) is 4.48. The number of phenolic OH excluding ortho intramolecular Hbond substituents is 2. The van der Waals surface area contributed by atoms with Crippen molar-refractivity contribution in [3.63, 3.8) is 0 Å². The van der Waals surface area contributed by atoms with Gasteiger partial charge in [-0.2, -0.15) is 0 Å². The summed E-state index contributed by atoms with van der Waals surface area (Å²) >= 11 is 0. The number of phenols is 2. The Balaban J connectivity index is 2.89. The summed E-state index contributed by atoms with van der Waals surface area (Å²) in [5, 5.41) is 29.3. The Labute approximate surface area is 80.6 Å². The van der Waals surface area contributed by atoms with Gasteiger partial charge < -0.3 is 20.6 Å². The number of carbonyl (C=O) groups excluding carboxylic acids is 1. The minimum absolute atomic E-state index is 0.0760. The van der Waals surface area contributed by atoms with Gasteiger partial charge >= 0.3 is 0 Å². The van der Waals surface area contributed by atoms with Crippen LogP contribution in [0.2, 0.25) is 0 Å². The quantitative estimate of drug-likeness (QED) is 0.541. The highest BCUT2D eigenvalue weighted by Crippen LogP contribution is 2.25. The third-order valence-corrected chi connectivity index (χ3v) is 1.64. The van der Waals surface area contributed by atoms with Gasteiger partial charge in [0.1, 0.15) is 17.1 Å². The molecule has 0 saturated heterocycles. The van der Waals surface area contributed by atoms with Crippen LogP contribution in [0.25, 0.3) is 0 Å². The Hall–Kier alpha value is -1.75. The predicted molar refractivity (Wildman–Crippen MR) is 49.2 cm³/mol. The summed E-state index contributed by atoms with van der Waals surface area (Å²) in [7, 11) is 0. The van der Waals surface area contributed by atoms with Gasteiger partial charge in [0.25, 0.3) is 5.91 Å². The summed E-state index contributed by atoms with van der Waals surface area (Å²) in [6.07, 6.45) is 0. The van der Waals surface area contributed by atoms with Gasteiger partial charge in [-0.1, -0.05) is 6.07 Å². The highest BCUT2D eigenvalue weighted by molar-refractivity contribution is 5.99. The Morgan fingerprint density at radius 2 is 1.86 bits per heavy atom. The first kappa shape index (κ1) is 10.3. The smallest absolute Gasteiger partial charge is 0.258 e. The van der Waals surface area contributed by atoms with Crippen molar-refractivity contribution in [3.05, 3.63) is 23.8 Å². The summed E-state index contributed by atoms with van der Waals surface area (Å²) in [5.41, 5.74) is -0.180. The number of hydrogen-bond acceptors (Lipinski definition) is 4. The van der Waals surface area contributed by atoms with Crippen molar-refractivity contribution in [2.75, 3.05) is 13.2 Å². The molecule has 0 aliphatic carbocycles. The number of benzene rings is 1. The first-order chi connectivity index (χ1) is 6.66. The van der Waals surface area contributed by atoms with Gasteiger partial charge in [-0.05, 0) is 12.1 Å². The van der Waals surface area contributed by atoms with Gasteiger partial charge in [0.2, 0.25) is 0 Å². The van der Waals surface area contributed by atoms with Crippen LogP contribution in [-0.4, -0.2) is 34.4 Å². The van der Waals surface area contributed by atoms with Gasteiger partial charge in [-0.25, -0.2) is 0 Å². The van der Waals surface area contributed by atoms with Gasteiger partial charge in [0.15, 0.2) is 0 Å². The molecule has 0 atom stereocenters. The number of hydrogen-bond donors (Lipinski definition) is 4. The topological polar surface area (TPSA) is 89.8 Å². The largest absolute Gasteiger partial charge is 0.507 e. The zero-order valence-electron chi connectivity index (χ0n) is 7.40. The molecule has 5 heteroatoms. The van der Waals surface area contributed by atoms with Crippen LogP contribution < -0.4 is 5.32 Å². The van der Waals surface area contributed by atoms with Crippen molar-refractivity contribution < 1.29 is 20.1 Å². The molecule has 5 nitrogen and oxygen atoms in total. The summed E-state index contributed by atoms with van der Waals surface area (Å²) in [4.78, 5) is 11.3. The lowest BCUT2D eigenvalue weighted by Gasteiger charge is -2.06. The standard InChI is InChI=1S/C9H11NO4/c11-5-4-10-9(14)8-6(12)2-1-3-7(8)13/h1-3,11-13H,4-5H2,(H,10,14). The van der Waals surface area contributed by atoms with E-state index in [0.29, 0.717) is 0 Å². The van der Waals surface area contributed by atoms with Crippen LogP contribution >= 0.6 is 0 Å². The van der Waals surface area contributed by atoms with E-state index in [0.717, 1.165) is 0 Å². The van der Waals surface area contributed by atoms with Crippen molar-refractivity contribution in [2.45, 2.75) is 0 Å². The van der Waals surface area contributed by atoms with E-state index in [1.165, 1.54) is 18.2 Å². The second-order valence-corrected chi connectivity index (χ2v) is 2.65. The lowest BCUT2D eigenvalue weighted by atomic mass is 10.1. The van der Waals surface area contributed by atoms with Crippen LogP contribution in [0, 0.1) is 0 Å². The van der Waals surface area contributed by atoms with Crippen LogP contribution in [-0.2, 0) is 0 Å². The van der Waals surface area contributed by atoms with Crippen molar-refractivity contribution in [1.82, 2.24) is 5.32 Å². The molecule has 1 amide bonds. The van der Waals surface area contributed by atoms with E-state index in [9.17, 15) is 15.0 Å². The van der Waals surface area contributed by atoms with Crippen molar-refractivity contribution in [3.8, 4) is 11.5 Å². The van der Waals surface area contributed by atoms with Crippen LogP contribution in [0.1, 0.15) is 10.4 Å². The number of nitrogens with one attached hydrogen (secondary N) is 1. The number of aliphatic hydroxyl groups excluding tert-OH is 1. The molecule has 0 aliphatic heterocycles. The number of aromatic hydroxyl groups is 2. The Bertz CT molecular complexity index is 317. The third kappa shape index (κ3) is 2.14.